The van der Waals surface area contributed by atoms with Gasteiger partial charge in [0.15, 0.2) is 0 Å². The van der Waals surface area contributed by atoms with E-state index in [0.29, 0.717) is 19.5 Å². The molecule has 0 saturated carbocycles. The molecule has 0 bridgehead atoms. The van der Waals surface area contributed by atoms with Gasteiger partial charge in [-0.25, -0.2) is 9.59 Å². The first-order valence-corrected chi connectivity index (χ1v) is 6.60. The molecular weight excluding hydrogens is 252 g/mol. The summed E-state index contributed by atoms with van der Waals surface area (Å²) in [5.74, 6) is -0.791. The van der Waals surface area contributed by atoms with E-state index in [2.05, 4.69) is 0 Å². The van der Waals surface area contributed by atoms with Gasteiger partial charge in [0, 0.05) is 32.7 Å². The Morgan fingerprint density at radius 2 is 2.00 bits per heavy atom. The zero-order chi connectivity index (χ0) is 14.0. The van der Waals surface area contributed by atoms with Gasteiger partial charge in [0.05, 0.1) is 6.10 Å². The maximum absolute atomic E-state index is 12.3. The fourth-order valence-electron chi connectivity index (χ4n) is 2.87. The molecule has 0 aromatic heterocycles. The summed E-state index contributed by atoms with van der Waals surface area (Å²) < 4.78 is 0. The van der Waals surface area contributed by atoms with E-state index in [1.54, 1.807) is 4.90 Å². The Labute approximate surface area is 111 Å². The predicted octanol–water partition coefficient (Wildman–Crippen LogP) is -0.669. The number of β-amino-alcohol motifs (C(OH)–C–C–N with tert-alkyl or cyclic N) is 1. The maximum atomic E-state index is 12.3. The van der Waals surface area contributed by atoms with E-state index >= 15 is 0 Å². The second-order valence-corrected chi connectivity index (χ2v) is 5.29. The van der Waals surface area contributed by atoms with Gasteiger partial charge in [0.1, 0.15) is 6.04 Å². The van der Waals surface area contributed by atoms with E-state index in [9.17, 15) is 14.7 Å². The lowest BCUT2D eigenvalue weighted by Crippen LogP contribution is -2.47. The fourth-order valence-corrected chi connectivity index (χ4v) is 2.87. The number of likely N-dealkylation sites (tertiary alicyclic amines) is 2. The largest absolute Gasteiger partial charge is 0.480 e. The number of carbonyl (C=O) groups excluding carboxylic acids is 1. The highest BCUT2D eigenvalue weighted by atomic mass is 16.4. The Balaban J connectivity index is 1.97. The molecule has 7 nitrogen and oxygen atoms in total. The molecule has 7 heteroatoms. The smallest absolute Gasteiger partial charge is 0.326 e. The highest BCUT2D eigenvalue weighted by molar-refractivity contribution is 5.83. The Morgan fingerprint density at radius 1 is 1.26 bits per heavy atom. The van der Waals surface area contributed by atoms with Gasteiger partial charge in [-0.15, -0.1) is 0 Å². The highest BCUT2D eigenvalue weighted by Gasteiger charge is 2.41. The number of amides is 2. The first-order valence-electron chi connectivity index (χ1n) is 6.60. The van der Waals surface area contributed by atoms with Gasteiger partial charge in [-0.1, -0.05) is 0 Å². The molecule has 2 saturated heterocycles. The lowest BCUT2D eigenvalue weighted by molar-refractivity contribution is -0.141. The number of aliphatic hydroxyl groups excluding tert-OH is 2. The van der Waals surface area contributed by atoms with Gasteiger partial charge >= 0.3 is 12.0 Å². The Hall–Kier alpha value is -1.34. The molecule has 0 aromatic carbocycles. The molecule has 0 radical (unpaired) electrons. The van der Waals surface area contributed by atoms with Crippen LogP contribution < -0.4 is 0 Å². The number of urea groups is 1. The van der Waals surface area contributed by atoms with Crippen molar-refractivity contribution < 1.29 is 24.9 Å². The molecule has 2 heterocycles. The average Bonchev–Trinajstić information content (AvgIpc) is 2.95. The Morgan fingerprint density at radius 3 is 2.63 bits per heavy atom. The molecule has 2 aliphatic rings. The van der Waals surface area contributed by atoms with Crippen molar-refractivity contribution in [3.8, 4) is 0 Å². The number of aliphatic hydroxyl groups is 2. The predicted molar refractivity (Wildman–Crippen MR) is 65.5 cm³/mol. The van der Waals surface area contributed by atoms with Crippen LogP contribution in [-0.2, 0) is 4.79 Å². The van der Waals surface area contributed by atoms with E-state index in [1.165, 1.54) is 4.90 Å². The lowest BCUT2D eigenvalue weighted by Gasteiger charge is -2.27. The Kier molecular flexibility index (Phi) is 4.26. The molecule has 2 aliphatic heterocycles. The molecule has 19 heavy (non-hydrogen) atoms. The molecule has 3 N–H and O–H groups in total. The Bertz CT molecular complexity index is 362. The zero-order valence-electron chi connectivity index (χ0n) is 10.7. The van der Waals surface area contributed by atoms with Crippen LogP contribution in [0.2, 0.25) is 0 Å². The number of nitrogens with zero attached hydrogens (tertiary/aromatic N) is 2. The van der Waals surface area contributed by atoms with Crippen molar-refractivity contribution in [2.45, 2.75) is 31.4 Å². The molecule has 2 fully saturated rings. The quantitative estimate of drug-likeness (QED) is 0.632. The molecule has 2 rings (SSSR count). The van der Waals surface area contributed by atoms with Crippen LogP contribution in [0.1, 0.15) is 19.3 Å². The summed E-state index contributed by atoms with van der Waals surface area (Å²) in [5.41, 5.74) is 0. The summed E-state index contributed by atoms with van der Waals surface area (Å²) in [6.07, 6.45) is 0.824. The van der Waals surface area contributed by atoms with Crippen LogP contribution in [0.15, 0.2) is 0 Å². The van der Waals surface area contributed by atoms with Crippen LogP contribution in [0.4, 0.5) is 4.79 Å². The SMILES string of the molecule is O=C(O)[C@@H]1C[C@H](O)CN1C(=O)N1CCC(CCO)C1. The topological polar surface area (TPSA) is 101 Å². The molecule has 0 spiro atoms. The van der Waals surface area contributed by atoms with Crippen LogP contribution >= 0.6 is 0 Å². The highest BCUT2D eigenvalue weighted by Crippen LogP contribution is 2.24. The molecule has 0 aliphatic carbocycles. The first kappa shape index (κ1) is 14.1. The number of carboxylic acids is 1. The summed E-state index contributed by atoms with van der Waals surface area (Å²) in [4.78, 5) is 26.2. The number of hydrogen-bond donors (Lipinski definition) is 3. The summed E-state index contributed by atoms with van der Waals surface area (Å²) in [6, 6.07) is -1.25. The molecular formula is C12H20N2O5. The van der Waals surface area contributed by atoms with Gasteiger partial charge in [-0.05, 0) is 18.8 Å². The second kappa shape index (κ2) is 5.75. The average molecular weight is 272 g/mol. The van der Waals surface area contributed by atoms with E-state index in [0.717, 1.165) is 6.42 Å². The minimum absolute atomic E-state index is 0.0803. The molecule has 1 unspecified atom stereocenters. The van der Waals surface area contributed by atoms with E-state index in [1.807, 2.05) is 0 Å². The van der Waals surface area contributed by atoms with Gasteiger partial charge in [-0.3, -0.25) is 0 Å². The van der Waals surface area contributed by atoms with Crippen molar-refractivity contribution in [2.75, 3.05) is 26.2 Å². The number of carboxylic acid groups (broad SMARTS) is 1. The molecule has 2 amide bonds. The van der Waals surface area contributed by atoms with E-state index < -0.39 is 18.1 Å². The number of aliphatic carboxylic acids is 1. The third kappa shape index (κ3) is 2.98. The van der Waals surface area contributed by atoms with Crippen molar-refractivity contribution >= 4 is 12.0 Å². The van der Waals surface area contributed by atoms with Crippen LogP contribution in [0, 0.1) is 5.92 Å². The van der Waals surface area contributed by atoms with Crippen molar-refractivity contribution in [3.05, 3.63) is 0 Å². The molecule has 0 aromatic rings. The zero-order valence-corrected chi connectivity index (χ0v) is 10.7. The summed E-state index contributed by atoms with van der Waals surface area (Å²) in [6.45, 7) is 1.32. The van der Waals surface area contributed by atoms with Crippen LogP contribution in [0.25, 0.3) is 0 Å². The van der Waals surface area contributed by atoms with Crippen molar-refractivity contribution in [2.24, 2.45) is 5.92 Å². The van der Waals surface area contributed by atoms with Crippen LogP contribution in [-0.4, -0.2) is 75.5 Å². The van der Waals surface area contributed by atoms with E-state index in [4.69, 9.17) is 10.2 Å². The number of hydrogen-bond acceptors (Lipinski definition) is 4. The minimum atomic E-state index is -1.07. The normalized spacial score (nSPS) is 30.9. The van der Waals surface area contributed by atoms with Crippen molar-refractivity contribution in [1.29, 1.82) is 0 Å². The first-order chi connectivity index (χ1) is 9.02. The standard InChI is InChI=1S/C12H20N2O5/c15-4-2-8-1-3-13(6-8)12(19)14-7-9(16)5-10(14)11(17)18/h8-10,15-16H,1-7H2,(H,17,18)/t8?,9-,10-/m0/s1. The fraction of sp³-hybridized carbons (Fsp3) is 0.833. The third-order valence-corrected chi connectivity index (χ3v) is 3.90. The monoisotopic (exact) mass is 272 g/mol. The van der Waals surface area contributed by atoms with Crippen molar-refractivity contribution in [3.63, 3.8) is 0 Å². The second-order valence-electron chi connectivity index (χ2n) is 5.29. The number of carbonyl (C=O) groups is 2. The minimum Gasteiger partial charge on any atom is -0.480 e. The van der Waals surface area contributed by atoms with Crippen LogP contribution in [0.3, 0.4) is 0 Å². The maximum Gasteiger partial charge on any atom is 0.326 e. The summed E-state index contributed by atoms with van der Waals surface area (Å²) >= 11 is 0. The van der Waals surface area contributed by atoms with Gasteiger partial charge in [-0.2, -0.15) is 0 Å². The van der Waals surface area contributed by atoms with Gasteiger partial charge in [0.2, 0.25) is 0 Å². The van der Waals surface area contributed by atoms with Gasteiger partial charge in [0.25, 0.3) is 0 Å². The third-order valence-electron chi connectivity index (χ3n) is 3.90. The number of rotatable bonds is 3. The summed E-state index contributed by atoms with van der Waals surface area (Å²) in [5, 5.41) is 27.5. The van der Waals surface area contributed by atoms with Gasteiger partial charge < -0.3 is 25.1 Å². The lowest BCUT2D eigenvalue weighted by atomic mass is 10.1. The molecule has 108 valence electrons. The van der Waals surface area contributed by atoms with E-state index in [-0.39, 0.29) is 31.5 Å². The molecule has 3 atom stereocenters. The van der Waals surface area contributed by atoms with Crippen LogP contribution in [0.5, 0.6) is 0 Å². The van der Waals surface area contributed by atoms with Crippen molar-refractivity contribution in [1.82, 2.24) is 9.80 Å². The summed E-state index contributed by atoms with van der Waals surface area (Å²) in [7, 11) is 0.